The molecule has 0 unspecified atom stereocenters. The van der Waals surface area contributed by atoms with Crippen molar-refractivity contribution >= 4 is 31.8 Å². The Morgan fingerprint density at radius 3 is 2.23 bits per heavy atom. The van der Waals surface area contributed by atoms with E-state index in [1.165, 1.54) is 4.31 Å². The zero-order valence-electron chi connectivity index (χ0n) is 17.4. The van der Waals surface area contributed by atoms with Crippen LogP contribution >= 0.6 is 0 Å². The summed E-state index contributed by atoms with van der Waals surface area (Å²) in [6, 6.07) is 13.2. The second kappa shape index (κ2) is 9.25. The van der Waals surface area contributed by atoms with Crippen LogP contribution in [0.2, 0.25) is 0 Å². The number of benzene rings is 2. The lowest BCUT2D eigenvalue weighted by Crippen LogP contribution is -2.52. The number of urea groups is 1. The van der Waals surface area contributed by atoms with Crippen LogP contribution in [0.3, 0.4) is 0 Å². The van der Waals surface area contributed by atoms with E-state index in [1.807, 2.05) is 6.92 Å². The van der Waals surface area contributed by atoms with Crippen LogP contribution in [0.15, 0.2) is 53.4 Å². The highest BCUT2D eigenvalue weighted by Gasteiger charge is 2.30. The third-order valence-electron chi connectivity index (χ3n) is 4.86. The van der Waals surface area contributed by atoms with Crippen molar-refractivity contribution in [1.82, 2.24) is 14.5 Å². The van der Waals surface area contributed by atoms with E-state index in [0.717, 1.165) is 17.4 Å². The Hall–Kier alpha value is -2.63. The molecule has 11 heteroatoms. The summed E-state index contributed by atoms with van der Waals surface area (Å²) in [5.41, 5.74) is 2.14. The number of rotatable bonds is 6. The van der Waals surface area contributed by atoms with Crippen LogP contribution < -0.4 is 10.0 Å². The van der Waals surface area contributed by atoms with E-state index in [4.69, 9.17) is 0 Å². The van der Waals surface area contributed by atoms with E-state index in [-0.39, 0.29) is 43.7 Å². The minimum Gasteiger partial charge on any atom is -0.334 e. The van der Waals surface area contributed by atoms with Gasteiger partial charge in [-0.25, -0.2) is 21.6 Å². The first-order valence-electron chi connectivity index (χ1n) is 9.71. The topological polar surface area (TPSA) is 116 Å². The number of carbonyl (C=O) groups is 1. The molecule has 0 aromatic heterocycles. The quantitative estimate of drug-likeness (QED) is 0.671. The van der Waals surface area contributed by atoms with Crippen molar-refractivity contribution in [2.75, 3.05) is 37.2 Å². The Labute approximate surface area is 183 Å². The van der Waals surface area contributed by atoms with Crippen LogP contribution in [0, 0.1) is 6.92 Å². The Morgan fingerprint density at radius 2 is 1.61 bits per heavy atom. The van der Waals surface area contributed by atoms with E-state index < -0.39 is 20.0 Å². The lowest BCUT2D eigenvalue weighted by molar-refractivity contribution is 0.172. The normalized spacial score (nSPS) is 15.5. The molecule has 1 heterocycles. The predicted molar refractivity (Wildman–Crippen MR) is 119 cm³/mol. The van der Waals surface area contributed by atoms with Crippen LogP contribution in [0.25, 0.3) is 0 Å². The Bertz CT molecular complexity index is 1140. The lowest BCUT2D eigenvalue weighted by Gasteiger charge is -2.34. The number of aryl methyl sites for hydroxylation is 1. The molecule has 9 nitrogen and oxygen atoms in total. The standard InChI is InChI=1S/C20H26N4O5S2/c1-16-6-8-19(9-7-16)31(28,29)24-12-10-23(11-13-24)20(25)21-15-17-4-3-5-18(14-17)22-30(2,26)27/h3-9,14,22H,10-13,15H2,1-2H3,(H,21,25). The average molecular weight is 467 g/mol. The number of nitrogens with one attached hydrogen (secondary N) is 2. The number of hydrogen-bond acceptors (Lipinski definition) is 5. The van der Waals surface area contributed by atoms with Crippen LogP contribution in [0.1, 0.15) is 11.1 Å². The molecule has 0 aliphatic carbocycles. The second-order valence-electron chi connectivity index (χ2n) is 7.44. The molecule has 31 heavy (non-hydrogen) atoms. The SMILES string of the molecule is Cc1ccc(S(=O)(=O)N2CCN(C(=O)NCc3cccc(NS(C)(=O)=O)c3)CC2)cc1. The van der Waals surface area contributed by atoms with Gasteiger partial charge in [-0.1, -0.05) is 29.8 Å². The molecule has 2 N–H and O–H groups in total. The number of nitrogens with zero attached hydrogens (tertiary/aromatic N) is 2. The third-order valence-corrected chi connectivity index (χ3v) is 7.38. The fourth-order valence-corrected chi connectivity index (χ4v) is 5.22. The van der Waals surface area contributed by atoms with Gasteiger partial charge >= 0.3 is 6.03 Å². The average Bonchev–Trinajstić information content (AvgIpc) is 2.71. The van der Waals surface area contributed by atoms with E-state index >= 15 is 0 Å². The van der Waals surface area contributed by atoms with Crippen molar-refractivity contribution in [2.45, 2.75) is 18.4 Å². The largest absolute Gasteiger partial charge is 0.334 e. The van der Waals surface area contributed by atoms with Gasteiger partial charge in [-0.3, -0.25) is 4.72 Å². The highest BCUT2D eigenvalue weighted by Crippen LogP contribution is 2.18. The molecule has 3 rings (SSSR count). The zero-order valence-corrected chi connectivity index (χ0v) is 19.0. The summed E-state index contributed by atoms with van der Waals surface area (Å²) in [4.78, 5) is 14.3. The van der Waals surface area contributed by atoms with Crippen molar-refractivity contribution in [3.63, 3.8) is 0 Å². The Morgan fingerprint density at radius 1 is 0.968 bits per heavy atom. The van der Waals surface area contributed by atoms with Gasteiger partial charge in [-0.15, -0.1) is 0 Å². The number of hydrogen-bond donors (Lipinski definition) is 2. The minimum atomic E-state index is -3.58. The number of piperazine rings is 1. The number of sulfonamides is 2. The molecule has 168 valence electrons. The molecular formula is C20H26N4O5S2. The Kier molecular flexibility index (Phi) is 6.87. The van der Waals surface area contributed by atoms with Gasteiger partial charge < -0.3 is 10.2 Å². The van der Waals surface area contributed by atoms with Gasteiger partial charge in [-0.05, 0) is 36.8 Å². The smallest absolute Gasteiger partial charge is 0.317 e. The molecule has 0 saturated carbocycles. The molecule has 0 radical (unpaired) electrons. The summed E-state index contributed by atoms with van der Waals surface area (Å²) in [6.45, 7) is 3.13. The highest BCUT2D eigenvalue weighted by atomic mass is 32.2. The van der Waals surface area contributed by atoms with Gasteiger partial charge in [0.15, 0.2) is 0 Å². The monoisotopic (exact) mass is 466 g/mol. The van der Waals surface area contributed by atoms with Crippen molar-refractivity contribution in [1.29, 1.82) is 0 Å². The molecule has 0 bridgehead atoms. The summed E-state index contributed by atoms with van der Waals surface area (Å²) in [6.07, 6.45) is 1.07. The fraction of sp³-hybridized carbons (Fsp3) is 0.350. The minimum absolute atomic E-state index is 0.220. The maximum absolute atomic E-state index is 12.8. The van der Waals surface area contributed by atoms with Gasteiger partial charge in [0.2, 0.25) is 20.0 Å². The van der Waals surface area contributed by atoms with Gasteiger partial charge in [-0.2, -0.15) is 4.31 Å². The maximum atomic E-state index is 12.8. The molecule has 2 aromatic rings. The van der Waals surface area contributed by atoms with Gasteiger partial charge in [0, 0.05) is 38.4 Å². The maximum Gasteiger partial charge on any atom is 0.317 e. The highest BCUT2D eigenvalue weighted by molar-refractivity contribution is 7.92. The molecule has 0 atom stereocenters. The van der Waals surface area contributed by atoms with Crippen molar-refractivity contribution in [3.8, 4) is 0 Å². The van der Waals surface area contributed by atoms with E-state index in [9.17, 15) is 21.6 Å². The predicted octanol–water partition coefficient (Wildman–Crippen LogP) is 1.58. The van der Waals surface area contributed by atoms with Crippen LogP contribution in [0.4, 0.5) is 10.5 Å². The molecule has 1 aliphatic heterocycles. The molecule has 0 spiro atoms. The van der Waals surface area contributed by atoms with Gasteiger partial charge in [0.05, 0.1) is 11.2 Å². The first-order valence-corrected chi connectivity index (χ1v) is 13.0. The summed E-state index contributed by atoms with van der Waals surface area (Å²) in [7, 11) is -6.97. The number of amides is 2. The Balaban J connectivity index is 1.54. The van der Waals surface area contributed by atoms with Crippen LogP contribution in [-0.2, 0) is 26.6 Å². The van der Waals surface area contributed by atoms with Crippen LogP contribution in [-0.4, -0.2) is 64.5 Å². The molecule has 1 fully saturated rings. The molecule has 1 aliphatic rings. The lowest BCUT2D eigenvalue weighted by atomic mass is 10.2. The summed E-state index contributed by atoms with van der Waals surface area (Å²) < 4.78 is 52.0. The fourth-order valence-electron chi connectivity index (χ4n) is 3.24. The second-order valence-corrected chi connectivity index (χ2v) is 11.1. The molecule has 2 amide bonds. The first kappa shape index (κ1) is 23.0. The summed E-state index contributed by atoms with van der Waals surface area (Å²) in [5.74, 6) is 0. The number of anilines is 1. The van der Waals surface area contributed by atoms with E-state index in [1.54, 1.807) is 53.4 Å². The first-order chi connectivity index (χ1) is 14.5. The van der Waals surface area contributed by atoms with Gasteiger partial charge in [0.1, 0.15) is 0 Å². The zero-order chi connectivity index (χ0) is 22.6. The van der Waals surface area contributed by atoms with Crippen molar-refractivity contribution in [2.24, 2.45) is 0 Å². The third kappa shape index (κ3) is 6.18. The van der Waals surface area contributed by atoms with E-state index in [2.05, 4.69) is 10.0 Å². The molecule has 2 aromatic carbocycles. The molecular weight excluding hydrogens is 440 g/mol. The summed E-state index contributed by atoms with van der Waals surface area (Å²) in [5, 5.41) is 2.79. The number of carbonyl (C=O) groups excluding carboxylic acids is 1. The van der Waals surface area contributed by atoms with Crippen molar-refractivity contribution < 1.29 is 21.6 Å². The van der Waals surface area contributed by atoms with Crippen molar-refractivity contribution in [3.05, 3.63) is 59.7 Å². The molecule has 1 saturated heterocycles. The van der Waals surface area contributed by atoms with Crippen LogP contribution in [0.5, 0.6) is 0 Å². The summed E-state index contributed by atoms with van der Waals surface area (Å²) >= 11 is 0. The van der Waals surface area contributed by atoms with E-state index in [0.29, 0.717) is 5.69 Å². The van der Waals surface area contributed by atoms with Gasteiger partial charge in [0.25, 0.3) is 0 Å².